The number of hydrogen-bond acceptors (Lipinski definition) is 1. The van der Waals surface area contributed by atoms with E-state index in [9.17, 15) is 4.79 Å². The molecule has 0 aliphatic carbocycles. The van der Waals surface area contributed by atoms with Crippen molar-refractivity contribution < 1.29 is 9.90 Å². The molecule has 0 saturated heterocycles. The van der Waals surface area contributed by atoms with Crippen molar-refractivity contribution in [3.05, 3.63) is 11.1 Å². The van der Waals surface area contributed by atoms with E-state index in [-0.39, 0.29) is 5.92 Å². The second-order valence-corrected chi connectivity index (χ2v) is 2.71. The van der Waals surface area contributed by atoms with Crippen molar-refractivity contribution in [3.8, 4) is 0 Å². The fourth-order valence-electron chi connectivity index (χ4n) is 0.533. The number of rotatable bonds is 4. The Hall–Kier alpha value is -0.310. The summed E-state index contributed by atoms with van der Waals surface area (Å²) in [5.74, 6) is -0.952. The van der Waals surface area contributed by atoms with Crippen LogP contribution in [0.4, 0.5) is 0 Å². The van der Waals surface area contributed by atoms with Gasteiger partial charge >= 0.3 is 5.97 Å². The van der Waals surface area contributed by atoms with E-state index >= 15 is 0 Å². The Balaban J connectivity index is 3.39. The minimum absolute atomic E-state index is 0.233. The van der Waals surface area contributed by atoms with Crippen molar-refractivity contribution in [1.82, 2.24) is 0 Å². The molecule has 1 N–H and O–H groups in total. The van der Waals surface area contributed by atoms with Gasteiger partial charge < -0.3 is 5.11 Å². The lowest BCUT2D eigenvalue weighted by Crippen LogP contribution is -2.08. The molecule has 0 rings (SSSR count). The normalized spacial score (nSPS) is 13.8. The van der Waals surface area contributed by atoms with Crippen molar-refractivity contribution in [2.45, 2.75) is 19.8 Å². The molecule has 0 saturated carbocycles. The summed E-state index contributed by atoms with van der Waals surface area (Å²) in [4.78, 5) is 12.0. The molecule has 10 heavy (non-hydrogen) atoms. The lowest BCUT2D eigenvalue weighted by Gasteiger charge is -2.00. The molecule has 0 radical (unpaired) electrons. The number of aliphatic carboxylic acids is 1. The van der Waals surface area contributed by atoms with E-state index in [0.717, 1.165) is 6.42 Å². The number of carboxylic acid groups (broad SMARTS) is 1. The Morgan fingerprint density at radius 3 is 2.80 bits per heavy atom. The van der Waals surface area contributed by atoms with Gasteiger partial charge in [-0.3, -0.25) is 4.79 Å². The summed E-state index contributed by atoms with van der Waals surface area (Å²) in [7, 11) is 0. The van der Waals surface area contributed by atoms with Gasteiger partial charge in [-0.15, -0.1) is 0 Å². The van der Waals surface area contributed by atoms with Crippen molar-refractivity contribution in [1.29, 1.82) is 0 Å². The number of allylic oxidation sites excluding steroid dienone is 1. The molecule has 0 aromatic heterocycles. The SMILES string of the molecule is CC(CCC=CBr)C(=O)O. The average molecular weight is 207 g/mol. The molecule has 0 spiro atoms. The highest BCUT2D eigenvalue weighted by molar-refractivity contribution is 9.11. The topological polar surface area (TPSA) is 37.3 Å². The third-order valence-electron chi connectivity index (χ3n) is 1.28. The zero-order valence-corrected chi connectivity index (χ0v) is 7.47. The van der Waals surface area contributed by atoms with E-state index in [0.29, 0.717) is 6.42 Å². The third-order valence-corrected chi connectivity index (χ3v) is 1.65. The van der Waals surface area contributed by atoms with E-state index in [1.807, 2.05) is 6.08 Å². The predicted molar refractivity (Wildman–Crippen MR) is 44.1 cm³/mol. The maximum atomic E-state index is 10.3. The Labute approximate surface area is 69.1 Å². The zero-order valence-electron chi connectivity index (χ0n) is 5.88. The van der Waals surface area contributed by atoms with E-state index in [1.54, 1.807) is 11.9 Å². The molecule has 1 atom stereocenters. The first-order valence-electron chi connectivity index (χ1n) is 3.16. The van der Waals surface area contributed by atoms with Gasteiger partial charge in [-0.1, -0.05) is 28.9 Å². The van der Waals surface area contributed by atoms with E-state index in [1.165, 1.54) is 0 Å². The Bertz CT molecular complexity index is 132. The van der Waals surface area contributed by atoms with Crippen LogP contribution in [0.1, 0.15) is 19.8 Å². The van der Waals surface area contributed by atoms with Crippen LogP contribution in [0, 0.1) is 5.92 Å². The molecule has 0 amide bonds. The van der Waals surface area contributed by atoms with E-state index in [4.69, 9.17) is 5.11 Å². The second-order valence-electron chi connectivity index (χ2n) is 2.18. The van der Waals surface area contributed by atoms with E-state index in [2.05, 4.69) is 15.9 Å². The number of halogens is 1. The molecular weight excluding hydrogens is 196 g/mol. The summed E-state index contributed by atoms with van der Waals surface area (Å²) in [6.45, 7) is 1.71. The molecule has 58 valence electrons. The molecule has 0 fully saturated rings. The molecule has 2 nitrogen and oxygen atoms in total. The van der Waals surface area contributed by atoms with Gasteiger partial charge in [0.05, 0.1) is 5.92 Å². The van der Waals surface area contributed by atoms with Crippen LogP contribution in [-0.2, 0) is 4.79 Å². The standard InChI is InChI=1S/C7H11BrO2/c1-6(7(9)10)4-2-3-5-8/h3,5-6H,2,4H2,1H3,(H,9,10). The maximum Gasteiger partial charge on any atom is 0.306 e. The van der Waals surface area contributed by atoms with Crippen LogP contribution in [0.2, 0.25) is 0 Å². The van der Waals surface area contributed by atoms with Crippen LogP contribution in [0.3, 0.4) is 0 Å². The summed E-state index contributed by atoms with van der Waals surface area (Å²) in [6.07, 6.45) is 3.43. The number of carboxylic acids is 1. The molecule has 0 heterocycles. The molecule has 0 aliphatic heterocycles. The van der Waals surface area contributed by atoms with Crippen LogP contribution < -0.4 is 0 Å². The molecular formula is C7H11BrO2. The van der Waals surface area contributed by atoms with Crippen LogP contribution in [0.5, 0.6) is 0 Å². The smallest absolute Gasteiger partial charge is 0.306 e. The third kappa shape index (κ3) is 4.56. The van der Waals surface area contributed by atoms with Crippen LogP contribution >= 0.6 is 15.9 Å². The first-order chi connectivity index (χ1) is 4.68. The van der Waals surface area contributed by atoms with Gasteiger partial charge in [0.1, 0.15) is 0 Å². The number of carbonyl (C=O) groups is 1. The summed E-state index contributed by atoms with van der Waals surface area (Å²) >= 11 is 3.11. The molecule has 0 aliphatic rings. The van der Waals surface area contributed by atoms with Gasteiger partial charge in [0.2, 0.25) is 0 Å². The van der Waals surface area contributed by atoms with Crippen LogP contribution in [0.15, 0.2) is 11.1 Å². The highest BCUT2D eigenvalue weighted by Gasteiger charge is 2.07. The fourth-order valence-corrected chi connectivity index (χ4v) is 0.797. The van der Waals surface area contributed by atoms with Crippen LogP contribution in [-0.4, -0.2) is 11.1 Å². The zero-order chi connectivity index (χ0) is 7.98. The van der Waals surface area contributed by atoms with Crippen molar-refractivity contribution >= 4 is 21.9 Å². The maximum absolute atomic E-state index is 10.3. The Morgan fingerprint density at radius 2 is 2.40 bits per heavy atom. The molecule has 0 bridgehead atoms. The first-order valence-corrected chi connectivity index (χ1v) is 4.08. The number of hydrogen-bond donors (Lipinski definition) is 1. The van der Waals surface area contributed by atoms with Gasteiger partial charge in [-0.25, -0.2) is 0 Å². The van der Waals surface area contributed by atoms with Gasteiger partial charge in [0, 0.05) is 0 Å². The summed E-state index contributed by atoms with van der Waals surface area (Å²) in [5, 5.41) is 8.45. The van der Waals surface area contributed by atoms with E-state index < -0.39 is 5.97 Å². The Kier molecular flexibility index (Phi) is 5.30. The van der Waals surface area contributed by atoms with Crippen molar-refractivity contribution in [2.75, 3.05) is 0 Å². The van der Waals surface area contributed by atoms with Gasteiger partial charge in [0.25, 0.3) is 0 Å². The molecule has 1 unspecified atom stereocenters. The van der Waals surface area contributed by atoms with Gasteiger partial charge in [-0.2, -0.15) is 0 Å². The molecule has 0 aromatic carbocycles. The minimum Gasteiger partial charge on any atom is -0.481 e. The summed E-state index contributed by atoms with van der Waals surface area (Å²) in [6, 6.07) is 0. The fraction of sp³-hybridized carbons (Fsp3) is 0.571. The minimum atomic E-state index is -0.719. The Morgan fingerprint density at radius 1 is 1.80 bits per heavy atom. The molecule has 0 aromatic rings. The first kappa shape index (κ1) is 9.69. The predicted octanol–water partition coefficient (Wildman–Crippen LogP) is 2.40. The average Bonchev–Trinajstić information content (AvgIpc) is 1.88. The van der Waals surface area contributed by atoms with Gasteiger partial charge in [0.15, 0.2) is 0 Å². The monoisotopic (exact) mass is 206 g/mol. The highest BCUT2D eigenvalue weighted by Crippen LogP contribution is 2.06. The van der Waals surface area contributed by atoms with Crippen molar-refractivity contribution in [3.63, 3.8) is 0 Å². The van der Waals surface area contributed by atoms with Gasteiger partial charge in [-0.05, 0) is 17.8 Å². The quantitative estimate of drug-likeness (QED) is 0.768. The summed E-state index contributed by atoms with van der Waals surface area (Å²) in [5.41, 5.74) is 0. The second kappa shape index (κ2) is 5.47. The molecule has 3 heteroatoms. The van der Waals surface area contributed by atoms with Crippen molar-refractivity contribution in [2.24, 2.45) is 5.92 Å². The van der Waals surface area contributed by atoms with Crippen LogP contribution in [0.25, 0.3) is 0 Å². The summed E-state index contributed by atoms with van der Waals surface area (Å²) < 4.78 is 0. The lowest BCUT2D eigenvalue weighted by atomic mass is 10.1. The lowest BCUT2D eigenvalue weighted by molar-refractivity contribution is -0.141. The largest absolute Gasteiger partial charge is 0.481 e. The highest BCUT2D eigenvalue weighted by atomic mass is 79.9.